The van der Waals surface area contributed by atoms with Gasteiger partial charge in [-0.1, -0.05) is 36.4 Å². The molecule has 0 atom stereocenters. The number of aromatic nitrogens is 2. The smallest absolute Gasteiger partial charge is 0.341 e. The first-order valence-corrected chi connectivity index (χ1v) is 7.61. The monoisotopic (exact) mass is 336 g/mol. The molecule has 0 aliphatic rings. The summed E-state index contributed by atoms with van der Waals surface area (Å²) in [5.41, 5.74) is 3.47. The molecule has 0 unspecified atom stereocenters. The summed E-state index contributed by atoms with van der Waals surface area (Å²) in [6.45, 7) is 1.35. The minimum absolute atomic E-state index is 0.224. The molecule has 0 saturated heterocycles. The van der Waals surface area contributed by atoms with Crippen LogP contribution in [0.25, 0.3) is 22.5 Å². The molecular weight excluding hydrogens is 320 g/mol. The van der Waals surface area contributed by atoms with Gasteiger partial charge in [0.15, 0.2) is 12.4 Å². The van der Waals surface area contributed by atoms with Crippen molar-refractivity contribution in [2.75, 3.05) is 6.61 Å². The van der Waals surface area contributed by atoms with Crippen molar-refractivity contribution in [2.24, 2.45) is 0 Å². The van der Waals surface area contributed by atoms with Crippen LogP contribution < -0.4 is 4.74 Å². The highest BCUT2D eigenvalue weighted by molar-refractivity contribution is 5.69. The molecule has 6 nitrogen and oxygen atoms in total. The van der Waals surface area contributed by atoms with Crippen molar-refractivity contribution in [3.63, 3.8) is 0 Å². The minimum atomic E-state index is -1.06. The molecule has 0 radical (unpaired) electrons. The van der Waals surface area contributed by atoms with Crippen molar-refractivity contribution < 1.29 is 19.7 Å². The Hall–Kier alpha value is -3.41. The molecule has 3 aromatic rings. The lowest BCUT2D eigenvalue weighted by molar-refractivity contribution is -0.139. The normalized spacial score (nSPS) is 10.4. The first kappa shape index (κ1) is 16.4. The van der Waals surface area contributed by atoms with E-state index >= 15 is 0 Å². The molecule has 1 aromatic heterocycles. The standard InChI is InChI=1S/C19H16N2O4/c1-12-10-17(25-11-18(23)24)21-19(20-12)15-4-2-13(3-5-15)14-6-8-16(22)9-7-14/h2-10,22H,11H2,1H3,(H,23,24). The Balaban J connectivity index is 1.86. The van der Waals surface area contributed by atoms with Crippen LogP contribution in [0.15, 0.2) is 54.6 Å². The van der Waals surface area contributed by atoms with Gasteiger partial charge in [0.1, 0.15) is 5.75 Å². The van der Waals surface area contributed by atoms with Gasteiger partial charge < -0.3 is 14.9 Å². The van der Waals surface area contributed by atoms with E-state index in [2.05, 4.69) is 9.97 Å². The number of ether oxygens (including phenoxy) is 1. The minimum Gasteiger partial charge on any atom is -0.508 e. The van der Waals surface area contributed by atoms with E-state index in [9.17, 15) is 9.90 Å². The second kappa shape index (κ2) is 7.00. The second-order valence-electron chi connectivity index (χ2n) is 5.48. The maximum atomic E-state index is 10.6. The van der Waals surface area contributed by atoms with Crippen LogP contribution in [0, 0.1) is 6.92 Å². The van der Waals surface area contributed by atoms with Crippen LogP contribution in [0.5, 0.6) is 11.6 Å². The van der Waals surface area contributed by atoms with Gasteiger partial charge in [-0.15, -0.1) is 0 Å². The third-order valence-corrected chi connectivity index (χ3v) is 3.52. The summed E-state index contributed by atoms with van der Waals surface area (Å²) in [6, 6.07) is 16.2. The predicted molar refractivity (Wildman–Crippen MR) is 92.4 cm³/mol. The fourth-order valence-corrected chi connectivity index (χ4v) is 2.34. The van der Waals surface area contributed by atoms with Crippen LogP contribution in [-0.4, -0.2) is 32.8 Å². The van der Waals surface area contributed by atoms with Crippen LogP contribution >= 0.6 is 0 Å². The molecule has 1 heterocycles. The molecule has 2 aromatic carbocycles. The maximum Gasteiger partial charge on any atom is 0.341 e. The van der Waals surface area contributed by atoms with Gasteiger partial charge in [0, 0.05) is 17.3 Å². The molecule has 0 amide bonds. The van der Waals surface area contributed by atoms with E-state index in [4.69, 9.17) is 9.84 Å². The molecule has 0 aliphatic carbocycles. The number of aryl methyl sites for hydroxylation is 1. The summed E-state index contributed by atoms with van der Waals surface area (Å²) in [6.07, 6.45) is 0. The zero-order chi connectivity index (χ0) is 17.8. The van der Waals surface area contributed by atoms with E-state index in [1.54, 1.807) is 25.1 Å². The van der Waals surface area contributed by atoms with Gasteiger partial charge in [-0.2, -0.15) is 4.98 Å². The molecule has 0 saturated carbocycles. The zero-order valence-corrected chi connectivity index (χ0v) is 13.5. The molecule has 3 rings (SSSR count). The van der Waals surface area contributed by atoms with Gasteiger partial charge in [0.05, 0.1) is 0 Å². The number of benzene rings is 2. The lowest BCUT2D eigenvalue weighted by atomic mass is 10.0. The van der Waals surface area contributed by atoms with Crippen molar-refractivity contribution in [3.05, 3.63) is 60.3 Å². The quantitative estimate of drug-likeness (QED) is 0.743. The fraction of sp³-hybridized carbons (Fsp3) is 0.105. The molecule has 0 fully saturated rings. The number of nitrogens with zero attached hydrogens (tertiary/aromatic N) is 2. The molecule has 2 N–H and O–H groups in total. The number of aromatic hydroxyl groups is 1. The second-order valence-corrected chi connectivity index (χ2v) is 5.48. The summed E-state index contributed by atoms with van der Waals surface area (Å²) in [4.78, 5) is 19.3. The zero-order valence-electron chi connectivity index (χ0n) is 13.5. The number of phenols is 1. The van der Waals surface area contributed by atoms with E-state index in [0.29, 0.717) is 11.5 Å². The van der Waals surface area contributed by atoms with E-state index < -0.39 is 12.6 Å². The van der Waals surface area contributed by atoms with Gasteiger partial charge in [0.25, 0.3) is 0 Å². The van der Waals surface area contributed by atoms with E-state index in [1.165, 1.54) is 0 Å². The Bertz CT molecular complexity index is 890. The average molecular weight is 336 g/mol. The Labute approximate surface area is 144 Å². The van der Waals surface area contributed by atoms with Gasteiger partial charge in [-0.25, -0.2) is 9.78 Å². The topological polar surface area (TPSA) is 92.5 Å². The summed E-state index contributed by atoms with van der Waals surface area (Å²) >= 11 is 0. The number of rotatable bonds is 5. The van der Waals surface area contributed by atoms with E-state index in [-0.39, 0.29) is 11.6 Å². The summed E-state index contributed by atoms with van der Waals surface area (Å²) in [5.74, 6) is -0.136. The van der Waals surface area contributed by atoms with Crippen LogP contribution in [0.4, 0.5) is 0 Å². The van der Waals surface area contributed by atoms with Crippen molar-refractivity contribution in [2.45, 2.75) is 6.92 Å². The summed E-state index contributed by atoms with van der Waals surface area (Å²) < 4.78 is 5.14. The van der Waals surface area contributed by atoms with Gasteiger partial charge >= 0.3 is 5.97 Å². The number of phenolic OH excluding ortho intramolecular Hbond substituents is 1. The number of carboxylic acid groups (broad SMARTS) is 1. The third kappa shape index (κ3) is 4.11. The lowest BCUT2D eigenvalue weighted by Gasteiger charge is -2.08. The Morgan fingerprint density at radius 3 is 2.12 bits per heavy atom. The maximum absolute atomic E-state index is 10.6. The lowest BCUT2D eigenvalue weighted by Crippen LogP contribution is -2.11. The highest BCUT2D eigenvalue weighted by atomic mass is 16.5. The van der Waals surface area contributed by atoms with E-state index in [0.717, 1.165) is 16.7 Å². The van der Waals surface area contributed by atoms with Crippen LogP contribution in [-0.2, 0) is 4.79 Å². The van der Waals surface area contributed by atoms with Gasteiger partial charge in [0.2, 0.25) is 5.88 Å². The molecule has 0 spiro atoms. The first-order valence-electron chi connectivity index (χ1n) is 7.61. The van der Waals surface area contributed by atoms with E-state index in [1.807, 2.05) is 36.4 Å². The first-order chi connectivity index (χ1) is 12.0. The molecule has 25 heavy (non-hydrogen) atoms. The summed E-state index contributed by atoms with van der Waals surface area (Å²) in [7, 11) is 0. The highest BCUT2D eigenvalue weighted by Crippen LogP contribution is 2.25. The Morgan fingerprint density at radius 2 is 1.52 bits per heavy atom. The largest absolute Gasteiger partial charge is 0.508 e. The molecule has 0 bridgehead atoms. The third-order valence-electron chi connectivity index (χ3n) is 3.52. The Morgan fingerprint density at radius 1 is 0.960 bits per heavy atom. The fourth-order valence-electron chi connectivity index (χ4n) is 2.34. The van der Waals surface area contributed by atoms with Crippen molar-refractivity contribution >= 4 is 5.97 Å². The SMILES string of the molecule is Cc1cc(OCC(=O)O)nc(-c2ccc(-c3ccc(O)cc3)cc2)n1. The van der Waals surface area contributed by atoms with Crippen LogP contribution in [0.3, 0.4) is 0 Å². The highest BCUT2D eigenvalue weighted by Gasteiger charge is 2.08. The van der Waals surface area contributed by atoms with Crippen LogP contribution in [0.1, 0.15) is 5.69 Å². The Kier molecular flexibility index (Phi) is 4.61. The molecular formula is C19H16N2O4. The number of carbonyl (C=O) groups is 1. The predicted octanol–water partition coefficient (Wildman–Crippen LogP) is 3.29. The average Bonchev–Trinajstić information content (AvgIpc) is 2.60. The number of carboxylic acids is 1. The molecule has 6 heteroatoms. The van der Waals surface area contributed by atoms with Crippen molar-refractivity contribution in [1.29, 1.82) is 0 Å². The number of aliphatic carboxylic acids is 1. The molecule has 0 aliphatic heterocycles. The van der Waals surface area contributed by atoms with Crippen molar-refractivity contribution in [3.8, 4) is 34.1 Å². The number of hydrogen-bond donors (Lipinski definition) is 2. The van der Waals surface area contributed by atoms with Crippen molar-refractivity contribution in [1.82, 2.24) is 9.97 Å². The van der Waals surface area contributed by atoms with Gasteiger partial charge in [-0.05, 0) is 30.2 Å². The number of hydrogen-bond acceptors (Lipinski definition) is 5. The molecule has 126 valence electrons. The van der Waals surface area contributed by atoms with Gasteiger partial charge in [-0.3, -0.25) is 0 Å². The summed E-state index contributed by atoms with van der Waals surface area (Å²) in [5, 5.41) is 18.1. The van der Waals surface area contributed by atoms with Crippen LogP contribution in [0.2, 0.25) is 0 Å².